The molecule has 0 bridgehead atoms. The van der Waals surface area contributed by atoms with Crippen molar-refractivity contribution in [2.24, 2.45) is 0 Å². The van der Waals surface area contributed by atoms with Crippen molar-refractivity contribution >= 4 is 22.5 Å². The van der Waals surface area contributed by atoms with Crippen molar-refractivity contribution < 1.29 is 22.7 Å². The largest absolute Gasteiger partial charge is 0.439 e. The number of rotatable bonds is 4. The van der Waals surface area contributed by atoms with E-state index in [1.165, 1.54) is 30.7 Å². The van der Waals surface area contributed by atoms with Crippen LogP contribution >= 0.6 is 0 Å². The highest BCUT2D eigenvalue weighted by atomic mass is 19.4. The topological polar surface area (TPSA) is 89.0 Å². The van der Waals surface area contributed by atoms with Crippen LogP contribution in [0.1, 0.15) is 27.2 Å². The van der Waals surface area contributed by atoms with Crippen molar-refractivity contribution in [3.8, 4) is 11.6 Å². The second-order valence-corrected chi connectivity index (χ2v) is 7.70. The van der Waals surface area contributed by atoms with Crippen LogP contribution in [0.3, 0.4) is 0 Å². The zero-order valence-corrected chi connectivity index (χ0v) is 17.7. The summed E-state index contributed by atoms with van der Waals surface area (Å²) in [4.78, 5) is 25.7. The van der Waals surface area contributed by atoms with Crippen LogP contribution < -0.4 is 15.4 Å². The van der Waals surface area contributed by atoms with Crippen LogP contribution in [0.2, 0.25) is 0 Å². The zero-order chi connectivity index (χ0) is 23.7. The number of halogens is 3. The number of fused-ring (bicyclic) bond motifs is 2. The number of pyridine rings is 1. The minimum Gasteiger partial charge on any atom is -0.439 e. The summed E-state index contributed by atoms with van der Waals surface area (Å²) in [6, 6.07) is 11.1. The Balaban J connectivity index is 1.41. The summed E-state index contributed by atoms with van der Waals surface area (Å²) >= 11 is 0. The van der Waals surface area contributed by atoms with Gasteiger partial charge < -0.3 is 15.4 Å². The Morgan fingerprint density at radius 3 is 2.79 bits per heavy atom. The van der Waals surface area contributed by atoms with E-state index in [-0.39, 0.29) is 11.3 Å². The van der Waals surface area contributed by atoms with Gasteiger partial charge in [0.15, 0.2) is 0 Å². The average molecular weight is 465 g/mol. The van der Waals surface area contributed by atoms with E-state index in [1.807, 2.05) is 0 Å². The molecule has 0 spiro atoms. The molecular formula is C24H18F3N5O2. The third-order valence-electron chi connectivity index (χ3n) is 5.46. The third-order valence-corrected chi connectivity index (χ3v) is 5.46. The number of benzene rings is 2. The fourth-order valence-corrected chi connectivity index (χ4v) is 3.81. The summed E-state index contributed by atoms with van der Waals surface area (Å²) in [5.41, 5.74) is 1.83. The minimum absolute atomic E-state index is 0.0489. The smallest absolute Gasteiger partial charge is 0.416 e. The first-order chi connectivity index (χ1) is 16.4. The van der Waals surface area contributed by atoms with E-state index >= 15 is 0 Å². The molecule has 2 aromatic heterocycles. The van der Waals surface area contributed by atoms with Crippen LogP contribution in [0.4, 0.5) is 18.9 Å². The van der Waals surface area contributed by atoms with E-state index in [0.717, 1.165) is 36.4 Å². The molecule has 0 fully saturated rings. The summed E-state index contributed by atoms with van der Waals surface area (Å²) in [6.45, 7) is 1.46. The predicted molar refractivity (Wildman–Crippen MR) is 119 cm³/mol. The highest BCUT2D eigenvalue weighted by molar-refractivity contribution is 6.12. The summed E-state index contributed by atoms with van der Waals surface area (Å²) in [6.07, 6.45) is -0.834. The van der Waals surface area contributed by atoms with Crippen molar-refractivity contribution in [1.82, 2.24) is 20.3 Å². The fraction of sp³-hybridized carbons (Fsp3) is 0.167. The van der Waals surface area contributed by atoms with Gasteiger partial charge in [-0.05, 0) is 49.4 Å². The van der Waals surface area contributed by atoms with Crippen LogP contribution in [0.25, 0.3) is 10.9 Å². The molecule has 1 aliphatic heterocycles. The number of hydrogen-bond donors (Lipinski definition) is 2. The molecule has 2 N–H and O–H groups in total. The van der Waals surface area contributed by atoms with Crippen molar-refractivity contribution in [2.75, 3.05) is 11.9 Å². The molecule has 2 aromatic carbocycles. The SMILES string of the molecule is O=C(Nc1cccc(C(F)(F)F)c1)c1ccnc2cc(Oc3ncnc4c3CCNC4)ccc12. The number of carbonyl (C=O) groups is 1. The molecule has 7 nitrogen and oxygen atoms in total. The monoisotopic (exact) mass is 465 g/mol. The summed E-state index contributed by atoms with van der Waals surface area (Å²) < 4.78 is 44.9. The molecule has 1 amide bonds. The molecule has 172 valence electrons. The van der Waals surface area contributed by atoms with Gasteiger partial charge in [-0.1, -0.05) is 6.07 Å². The van der Waals surface area contributed by atoms with Gasteiger partial charge in [-0.2, -0.15) is 13.2 Å². The Kier molecular flexibility index (Phi) is 5.58. The van der Waals surface area contributed by atoms with Gasteiger partial charge in [0.25, 0.3) is 5.91 Å². The van der Waals surface area contributed by atoms with Crippen LogP contribution in [0, 0.1) is 0 Å². The van der Waals surface area contributed by atoms with Crippen LogP contribution in [0.5, 0.6) is 11.6 Å². The molecule has 10 heteroatoms. The Morgan fingerprint density at radius 1 is 1.06 bits per heavy atom. The number of nitrogens with one attached hydrogen (secondary N) is 2. The number of aromatic nitrogens is 3. The van der Waals surface area contributed by atoms with Crippen molar-refractivity contribution in [1.29, 1.82) is 0 Å². The van der Waals surface area contributed by atoms with Gasteiger partial charge in [-0.15, -0.1) is 0 Å². The average Bonchev–Trinajstić information content (AvgIpc) is 2.83. The first kappa shape index (κ1) is 21.8. The normalized spacial score (nSPS) is 13.4. The molecule has 0 atom stereocenters. The standard InChI is InChI=1S/C24H18F3N5O2/c25-24(26,27)14-2-1-3-15(10-14)32-22(33)18-7-9-29-20-11-16(4-5-17(18)20)34-23-19-6-8-28-12-21(19)30-13-31-23/h1-5,7,9-11,13,28H,6,8,12H2,(H,32,33). The van der Waals surface area contributed by atoms with Gasteiger partial charge in [0.2, 0.25) is 5.88 Å². The molecular weight excluding hydrogens is 447 g/mol. The van der Waals surface area contributed by atoms with Crippen LogP contribution in [-0.2, 0) is 19.1 Å². The lowest BCUT2D eigenvalue weighted by atomic mass is 10.1. The summed E-state index contributed by atoms with van der Waals surface area (Å²) in [7, 11) is 0. The van der Waals surface area contributed by atoms with Crippen molar-refractivity contribution in [3.05, 3.63) is 83.4 Å². The third kappa shape index (κ3) is 4.40. The molecule has 34 heavy (non-hydrogen) atoms. The van der Waals surface area contributed by atoms with E-state index in [2.05, 4.69) is 25.6 Å². The van der Waals surface area contributed by atoms with Crippen LogP contribution in [0.15, 0.2) is 61.1 Å². The molecule has 0 radical (unpaired) electrons. The second kappa shape index (κ2) is 8.71. The Labute approximate surface area is 192 Å². The van der Waals surface area contributed by atoms with E-state index in [0.29, 0.717) is 29.1 Å². The molecule has 0 saturated heterocycles. The van der Waals surface area contributed by atoms with E-state index in [1.54, 1.807) is 18.2 Å². The molecule has 3 heterocycles. The fourth-order valence-electron chi connectivity index (χ4n) is 3.81. The zero-order valence-electron chi connectivity index (χ0n) is 17.7. The number of carbonyl (C=O) groups excluding carboxylic acids is 1. The van der Waals surface area contributed by atoms with Gasteiger partial charge in [-0.25, -0.2) is 9.97 Å². The molecule has 4 aromatic rings. The lowest BCUT2D eigenvalue weighted by molar-refractivity contribution is -0.137. The highest BCUT2D eigenvalue weighted by Crippen LogP contribution is 2.32. The number of ether oxygens (including phenoxy) is 1. The Bertz CT molecular complexity index is 1390. The first-order valence-electron chi connectivity index (χ1n) is 10.5. The van der Waals surface area contributed by atoms with Gasteiger partial charge in [0.1, 0.15) is 12.1 Å². The maximum absolute atomic E-state index is 13.0. The van der Waals surface area contributed by atoms with E-state index in [4.69, 9.17) is 4.74 Å². The quantitative estimate of drug-likeness (QED) is 0.453. The minimum atomic E-state index is -4.50. The molecule has 0 aliphatic carbocycles. The lowest BCUT2D eigenvalue weighted by Gasteiger charge is -2.18. The van der Waals surface area contributed by atoms with Crippen molar-refractivity contribution in [2.45, 2.75) is 19.1 Å². The molecule has 1 aliphatic rings. The maximum Gasteiger partial charge on any atom is 0.416 e. The second-order valence-electron chi connectivity index (χ2n) is 7.70. The van der Waals surface area contributed by atoms with Crippen molar-refractivity contribution in [3.63, 3.8) is 0 Å². The molecule has 0 saturated carbocycles. The van der Waals surface area contributed by atoms with Gasteiger partial charge >= 0.3 is 6.18 Å². The maximum atomic E-state index is 13.0. The first-order valence-corrected chi connectivity index (χ1v) is 10.5. The number of hydrogen-bond acceptors (Lipinski definition) is 6. The van der Waals surface area contributed by atoms with Gasteiger partial charge in [0.05, 0.1) is 22.3 Å². The number of alkyl halides is 3. The molecule has 0 unspecified atom stereocenters. The summed E-state index contributed by atoms with van der Waals surface area (Å²) in [5, 5.41) is 6.32. The van der Waals surface area contributed by atoms with Gasteiger partial charge in [-0.3, -0.25) is 9.78 Å². The summed E-state index contributed by atoms with van der Waals surface area (Å²) in [5.74, 6) is 0.428. The number of nitrogens with zero attached hydrogens (tertiary/aromatic N) is 3. The Hall–Kier alpha value is -4.05. The lowest BCUT2D eigenvalue weighted by Crippen LogP contribution is -2.25. The van der Waals surface area contributed by atoms with Crippen LogP contribution in [-0.4, -0.2) is 27.4 Å². The number of anilines is 1. The number of amides is 1. The van der Waals surface area contributed by atoms with Gasteiger partial charge in [0, 0.05) is 35.4 Å². The Morgan fingerprint density at radius 2 is 1.94 bits per heavy atom. The predicted octanol–water partition coefficient (Wildman–Crippen LogP) is 4.73. The van der Waals surface area contributed by atoms with E-state index in [9.17, 15) is 18.0 Å². The highest BCUT2D eigenvalue weighted by Gasteiger charge is 2.30. The van der Waals surface area contributed by atoms with E-state index < -0.39 is 17.6 Å². The molecule has 5 rings (SSSR count).